The first kappa shape index (κ1) is 26.4. The molecule has 2 aromatic rings. The lowest BCUT2D eigenvalue weighted by molar-refractivity contribution is -0.122. The lowest BCUT2D eigenvalue weighted by atomic mass is 10.1. The van der Waals surface area contributed by atoms with Gasteiger partial charge in [-0.15, -0.1) is 0 Å². The summed E-state index contributed by atoms with van der Waals surface area (Å²) in [6.07, 6.45) is 6.75. The van der Waals surface area contributed by atoms with E-state index in [4.69, 9.17) is 12.2 Å². The standard InChI is InChI=1S/C25H31N3O3S3/c1-3-4-5-9-17-27(2)21-14-12-20(13-15-21)19-23-24(29)28(25(32)33-23)18-16-26-34(30,31)22-10-7-6-8-11-22/h6-8,10-15,19,26H,3-5,9,16-18H2,1-2H3. The zero-order valence-corrected chi connectivity index (χ0v) is 22.0. The van der Waals surface area contributed by atoms with Gasteiger partial charge in [-0.05, 0) is 42.3 Å². The SMILES string of the molecule is CCCCCCN(C)c1ccc(C=C2SC(=S)N(CCNS(=O)(=O)c3ccccc3)C2=O)cc1. The van der Waals surface area contributed by atoms with Crippen molar-refractivity contribution >= 4 is 56.0 Å². The maximum absolute atomic E-state index is 12.9. The van der Waals surface area contributed by atoms with Crippen molar-refractivity contribution in [2.45, 2.75) is 37.5 Å². The third kappa shape index (κ3) is 7.15. The van der Waals surface area contributed by atoms with Crippen molar-refractivity contribution in [1.82, 2.24) is 9.62 Å². The summed E-state index contributed by atoms with van der Waals surface area (Å²) in [5.74, 6) is -0.203. The Hall–Kier alpha value is -2.20. The molecule has 1 aliphatic heterocycles. The predicted molar refractivity (Wildman–Crippen MR) is 145 cm³/mol. The van der Waals surface area contributed by atoms with Gasteiger partial charge in [0.15, 0.2) is 0 Å². The quantitative estimate of drug-likeness (QED) is 0.246. The van der Waals surface area contributed by atoms with Gasteiger partial charge in [0.25, 0.3) is 5.91 Å². The molecule has 9 heteroatoms. The molecule has 0 atom stereocenters. The molecular formula is C25H31N3O3S3. The molecule has 0 aliphatic carbocycles. The number of thiocarbonyl (C=S) groups is 1. The van der Waals surface area contributed by atoms with Crippen molar-refractivity contribution in [1.29, 1.82) is 0 Å². The normalized spacial score (nSPS) is 15.4. The molecule has 0 unspecified atom stereocenters. The molecule has 0 bridgehead atoms. The van der Waals surface area contributed by atoms with Gasteiger partial charge in [0.2, 0.25) is 10.0 Å². The molecule has 0 spiro atoms. The summed E-state index contributed by atoms with van der Waals surface area (Å²) in [5, 5.41) is 0. The molecule has 1 N–H and O–H groups in total. The highest BCUT2D eigenvalue weighted by Crippen LogP contribution is 2.32. The average molecular weight is 518 g/mol. The number of nitrogens with one attached hydrogen (secondary N) is 1. The molecule has 182 valence electrons. The molecule has 1 heterocycles. The Morgan fingerprint density at radius 2 is 1.76 bits per heavy atom. The Morgan fingerprint density at radius 3 is 2.44 bits per heavy atom. The van der Waals surface area contributed by atoms with E-state index in [1.165, 1.54) is 54.5 Å². The first-order valence-electron chi connectivity index (χ1n) is 11.4. The largest absolute Gasteiger partial charge is 0.375 e. The maximum Gasteiger partial charge on any atom is 0.266 e. The van der Waals surface area contributed by atoms with Gasteiger partial charge < -0.3 is 4.90 Å². The Kier molecular flexibility index (Phi) is 9.70. The minimum absolute atomic E-state index is 0.0796. The van der Waals surface area contributed by atoms with E-state index in [9.17, 15) is 13.2 Å². The molecule has 1 amide bonds. The molecular weight excluding hydrogens is 486 g/mol. The number of benzene rings is 2. The lowest BCUT2D eigenvalue weighted by Crippen LogP contribution is -2.37. The van der Waals surface area contributed by atoms with Crippen LogP contribution in [-0.4, -0.2) is 50.2 Å². The average Bonchev–Trinajstić information content (AvgIpc) is 3.10. The number of anilines is 1. The first-order valence-corrected chi connectivity index (χ1v) is 14.1. The summed E-state index contributed by atoms with van der Waals surface area (Å²) in [6.45, 7) is 3.49. The van der Waals surface area contributed by atoms with Gasteiger partial charge in [-0.25, -0.2) is 13.1 Å². The van der Waals surface area contributed by atoms with Crippen LogP contribution in [0.4, 0.5) is 5.69 Å². The molecule has 34 heavy (non-hydrogen) atoms. The second kappa shape index (κ2) is 12.5. The zero-order chi connectivity index (χ0) is 24.6. The number of carbonyl (C=O) groups is 1. The summed E-state index contributed by atoms with van der Waals surface area (Å²) >= 11 is 6.61. The van der Waals surface area contributed by atoms with Crippen molar-refractivity contribution in [2.24, 2.45) is 0 Å². The third-order valence-corrected chi connectivity index (χ3v) is 8.39. The fraction of sp³-hybridized carbons (Fsp3) is 0.360. The number of hydrogen-bond acceptors (Lipinski definition) is 6. The topological polar surface area (TPSA) is 69.7 Å². The highest BCUT2D eigenvalue weighted by atomic mass is 32.2. The van der Waals surface area contributed by atoms with Gasteiger partial charge in [-0.1, -0.05) is 80.5 Å². The molecule has 0 aromatic heterocycles. The number of nitrogens with zero attached hydrogens (tertiary/aromatic N) is 2. The molecule has 6 nitrogen and oxygen atoms in total. The van der Waals surface area contributed by atoms with E-state index in [1.807, 2.05) is 18.2 Å². The minimum atomic E-state index is -3.63. The third-order valence-electron chi connectivity index (χ3n) is 5.53. The highest BCUT2D eigenvalue weighted by Gasteiger charge is 2.31. The van der Waals surface area contributed by atoms with E-state index in [2.05, 4.69) is 35.7 Å². The second-order valence-electron chi connectivity index (χ2n) is 8.12. The molecule has 1 aliphatic rings. The van der Waals surface area contributed by atoms with Gasteiger partial charge in [0.1, 0.15) is 4.32 Å². The van der Waals surface area contributed by atoms with Gasteiger partial charge in [0.05, 0.1) is 9.80 Å². The number of thioether (sulfide) groups is 1. The summed E-state index contributed by atoms with van der Waals surface area (Å²) in [7, 11) is -1.53. The molecule has 3 rings (SSSR count). The minimum Gasteiger partial charge on any atom is -0.375 e. The van der Waals surface area contributed by atoms with Crippen molar-refractivity contribution in [3.63, 3.8) is 0 Å². The van der Waals surface area contributed by atoms with Crippen molar-refractivity contribution in [3.8, 4) is 0 Å². The van der Waals surface area contributed by atoms with Crippen LogP contribution >= 0.6 is 24.0 Å². The first-order chi connectivity index (χ1) is 16.3. The van der Waals surface area contributed by atoms with Crippen LogP contribution in [-0.2, 0) is 14.8 Å². The summed E-state index contributed by atoms with van der Waals surface area (Å²) in [4.78, 5) is 17.3. The molecule has 1 saturated heterocycles. The summed E-state index contributed by atoms with van der Waals surface area (Å²) in [5.41, 5.74) is 2.07. The van der Waals surface area contributed by atoms with Crippen molar-refractivity contribution in [3.05, 3.63) is 65.1 Å². The van der Waals surface area contributed by atoms with Crippen LogP contribution in [0.15, 0.2) is 64.4 Å². The van der Waals surface area contributed by atoms with Crippen LogP contribution in [0.25, 0.3) is 6.08 Å². The Bertz CT molecular complexity index is 1120. The second-order valence-corrected chi connectivity index (χ2v) is 11.6. The highest BCUT2D eigenvalue weighted by molar-refractivity contribution is 8.26. The summed E-state index contributed by atoms with van der Waals surface area (Å²) < 4.78 is 27.7. The van der Waals surface area contributed by atoms with Crippen LogP contribution in [0.2, 0.25) is 0 Å². The van der Waals surface area contributed by atoms with E-state index >= 15 is 0 Å². The van der Waals surface area contributed by atoms with Crippen molar-refractivity contribution < 1.29 is 13.2 Å². The molecule has 2 aromatic carbocycles. The number of rotatable bonds is 12. The van der Waals surface area contributed by atoms with Gasteiger partial charge in [-0.3, -0.25) is 9.69 Å². The Labute approximate surface area is 212 Å². The zero-order valence-electron chi connectivity index (χ0n) is 19.6. The van der Waals surface area contributed by atoms with Crippen LogP contribution in [0.3, 0.4) is 0 Å². The van der Waals surface area contributed by atoms with E-state index in [-0.39, 0.29) is 23.9 Å². The number of sulfonamides is 1. The lowest BCUT2D eigenvalue weighted by Gasteiger charge is -2.19. The number of unbranched alkanes of at least 4 members (excludes halogenated alkanes) is 3. The van der Waals surface area contributed by atoms with Gasteiger partial charge in [-0.2, -0.15) is 0 Å². The van der Waals surface area contributed by atoms with E-state index in [0.29, 0.717) is 9.23 Å². The fourth-order valence-corrected chi connectivity index (χ4v) is 5.90. The van der Waals surface area contributed by atoms with Crippen LogP contribution in [0.5, 0.6) is 0 Å². The van der Waals surface area contributed by atoms with Crippen LogP contribution in [0, 0.1) is 0 Å². The van der Waals surface area contributed by atoms with Gasteiger partial charge in [0, 0.05) is 32.4 Å². The number of carbonyl (C=O) groups excluding carboxylic acids is 1. The smallest absolute Gasteiger partial charge is 0.266 e. The number of hydrogen-bond donors (Lipinski definition) is 1. The molecule has 0 radical (unpaired) electrons. The Balaban J connectivity index is 1.56. The van der Waals surface area contributed by atoms with E-state index < -0.39 is 10.0 Å². The van der Waals surface area contributed by atoms with Crippen LogP contribution in [0.1, 0.15) is 38.2 Å². The van der Waals surface area contributed by atoms with Crippen LogP contribution < -0.4 is 9.62 Å². The summed E-state index contributed by atoms with van der Waals surface area (Å²) in [6, 6.07) is 16.3. The Morgan fingerprint density at radius 1 is 1.06 bits per heavy atom. The maximum atomic E-state index is 12.9. The molecule has 0 saturated carbocycles. The molecule has 1 fully saturated rings. The fourth-order valence-electron chi connectivity index (χ4n) is 3.55. The van der Waals surface area contributed by atoms with Gasteiger partial charge >= 0.3 is 0 Å². The monoisotopic (exact) mass is 517 g/mol. The van der Waals surface area contributed by atoms with E-state index in [1.54, 1.807) is 18.2 Å². The predicted octanol–water partition coefficient (Wildman–Crippen LogP) is 4.88. The number of amides is 1. The van der Waals surface area contributed by atoms with Crippen molar-refractivity contribution in [2.75, 3.05) is 31.6 Å². The van der Waals surface area contributed by atoms with E-state index in [0.717, 1.165) is 17.8 Å².